The largest absolute Gasteiger partial charge is 0.493 e. The van der Waals surface area contributed by atoms with Crippen molar-refractivity contribution in [3.63, 3.8) is 0 Å². The van der Waals surface area contributed by atoms with Crippen molar-refractivity contribution in [3.8, 4) is 17.2 Å². The predicted octanol–water partition coefficient (Wildman–Crippen LogP) is 6.24. The van der Waals surface area contributed by atoms with Crippen LogP contribution in [0.5, 0.6) is 17.2 Å². The molecular formula is C31H42O7. The van der Waals surface area contributed by atoms with Gasteiger partial charge < -0.3 is 23.7 Å². The van der Waals surface area contributed by atoms with Gasteiger partial charge in [-0.3, -0.25) is 9.59 Å². The third kappa shape index (κ3) is 8.67. The molecule has 0 fully saturated rings. The Kier molecular flexibility index (Phi) is 11.8. The number of carbonyl (C=O) groups is 2. The Labute approximate surface area is 226 Å². The SMILES string of the molecule is CCCc1c(OCCCOc2ccccc2)ccc2c1OC(CCC(=O)OCC)(CCC(=O)OCC)CC2. The molecule has 1 heterocycles. The molecule has 38 heavy (non-hydrogen) atoms. The van der Waals surface area contributed by atoms with Gasteiger partial charge in [-0.2, -0.15) is 0 Å². The van der Waals surface area contributed by atoms with Gasteiger partial charge in [-0.05, 0) is 69.7 Å². The van der Waals surface area contributed by atoms with Crippen LogP contribution in [-0.4, -0.2) is 44.0 Å². The van der Waals surface area contributed by atoms with E-state index in [0.29, 0.717) is 39.3 Å². The molecule has 0 unspecified atom stereocenters. The highest BCUT2D eigenvalue weighted by Crippen LogP contribution is 2.44. The molecule has 0 N–H and O–H groups in total. The lowest BCUT2D eigenvalue weighted by molar-refractivity contribution is -0.145. The Morgan fingerprint density at radius 3 is 2.16 bits per heavy atom. The average molecular weight is 527 g/mol. The van der Waals surface area contributed by atoms with Crippen molar-refractivity contribution in [1.29, 1.82) is 0 Å². The summed E-state index contributed by atoms with van der Waals surface area (Å²) in [5.41, 5.74) is 1.54. The molecule has 1 aliphatic rings. The molecule has 0 spiro atoms. The first-order chi connectivity index (χ1) is 18.5. The van der Waals surface area contributed by atoms with E-state index in [0.717, 1.165) is 60.5 Å². The third-order valence-corrected chi connectivity index (χ3v) is 6.71. The fourth-order valence-corrected chi connectivity index (χ4v) is 4.79. The number of hydrogen-bond donors (Lipinski definition) is 0. The molecule has 2 aromatic carbocycles. The summed E-state index contributed by atoms with van der Waals surface area (Å²) in [6.07, 6.45) is 5.48. The van der Waals surface area contributed by atoms with Gasteiger partial charge >= 0.3 is 11.9 Å². The van der Waals surface area contributed by atoms with Crippen LogP contribution in [0.2, 0.25) is 0 Å². The zero-order valence-corrected chi connectivity index (χ0v) is 23.1. The number of rotatable bonds is 16. The number of benzene rings is 2. The van der Waals surface area contributed by atoms with Crippen LogP contribution in [0.25, 0.3) is 0 Å². The van der Waals surface area contributed by atoms with E-state index >= 15 is 0 Å². The Balaban J connectivity index is 1.73. The van der Waals surface area contributed by atoms with Crippen LogP contribution >= 0.6 is 0 Å². The molecule has 2 aromatic rings. The van der Waals surface area contributed by atoms with E-state index in [2.05, 4.69) is 13.0 Å². The number of carbonyl (C=O) groups excluding carboxylic acids is 2. The molecule has 0 aromatic heterocycles. The molecule has 0 bridgehead atoms. The monoisotopic (exact) mass is 526 g/mol. The van der Waals surface area contributed by atoms with Crippen molar-refractivity contribution < 1.29 is 33.3 Å². The van der Waals surface area contributed by atoms with Crippen molar-refractivity contribution in [3.05, 3.63) is 53.6 Å². The average Bonchev–Trinajstić information content (AvgIpc) is 2.93. The van der Waals surface area contributed by atoms with Crippen molar-refractivity contribution >= 4 is 11.9 Å². The van der Waals surface area contributed by atoms with Gasteiger partial charge in [0.2, 0.25) is 0 Å². The molecule has 3 rings (SSSR count). The van der Waals surface area contributed by atoms with Crippen LogP contribution < -0.4 is 14.2 Å². The lowest BCUT2D eigenvalue weighted by atomic mass is 9.82. The summed E-state index contributed by atoms with van der Waals surface area (Å²) in [6.45, 7) is 7.52. The standard InChI is InChI=1S/C31H42O7/c1-4-11-26-27(37-23-10-22-36-25-12-8-7-9-13-25)15-14-24-16-19-31(38-30(24)26,20-17-28(32)34-5-2)21-18-29(33)35-6-3/h7-9,12-15H,4-6,10-11,16-23H2,1-3H3. The first kappa shape index (κ1) is 29.3. The molecule has 7 nitrogen and oxygen atoms in total. The number of hydrogen-bond acceptors (Lipinski definition) is 7. The van der Waals surface area contributed by atoms with E-state index in [1.807, 2.05) is 36.4 Å². The number of ether oxygens (including phenoxy) is 5. The van der Waals surface area contributed by atoms with Gasteiger partial charge in [-0.25, -0.2) is 0 Å². The van der Waals surface area contributed by atoms with E-state index < -0.39 is 5.60 Å². The predicted molar refractivity (Wildman–Crippen MR) is 146 cm³/mol. The van der Waals surface area contributed by atoms with Crippen LogP contribution in [0.15, 0.2) is 42.5 Å². The second kappa shape index (κ2) is 15.3. The minimum Gasteiger partial charge on any atom is -0.493 e. The lowest BCUT2D eigenvalue weighted by Gasteiger charge is -2.40. The zero-order valence-electron chi connectivity index (χ0n) is 23.1. The molecule has 0 aliphatic carbocycles. The Bertz CT molecular complexity index is 996. The summed E-state index contributed by atoms with van der Waals surface area (Å²) in [5, 5.41) is 0. The lowest BCUT2D eigenvalue weighted by Crippen LogP contribution is -2.41. The Morgan fingerprint density at radius 1 is 0.868 bits per heavy atom. The topological polar surface area (TPSA) is 80.3 Å². The fraction of sp³-hybridized carbons (Fsp3) is 0.548. The van der Waals surface area contributed by atoms with Crippen molar-refractivity contribution in [1.82, 2.24) is 0 Å². The molecule has 0 saturated carbocycles. The molecule has 7 heteroatoms. The second-order valence-electron chi connectivity index (χ2n) is 9.54. The van der Waals surface area contributed by atoms with Gasteiger partial charge in [0.1, 0.15) is 22.8 Å². The summed E-state index contributed by atoms with van der Waals surface area (Å²) in [4.78, 5) is 24.4. The van der Waals surface area contributed by atoms with Gasteiger partial charge in [-0.15, -0.1) is 0 Å². The highest BCUT2D eigenvalue weighted by Gasteiger charge is 2.38. The second-order valence-corrected chi connectivity index (χ2v) is 9.54. The van der Waals surface area contributed by atoms with Crippen molar-refractivity contribution in [2.75, 3.05) is 26.4 Å². The Hall–Kier alpha value is -3.22. The molecule has 0 amide bonds. The molecule has 208 valence electrons. The minimum absolute atomic E-state index is 0.243. The molecule has 0 radical (unpaired) electrons. The normalized spacial score (nSPS) is 13.7. The minimum atomic E-state index is -0.642. The summed E-state index contributed by atoms with van der Waals surface area (Å²) in [6, 6.07) is 13.9. The van der Waals surface area contributed by atoms with Gasteiger partial charge in [-0.1, -0.05) is 37.6 Å². The summed E-state index contributed by atoms with van der Waals surface area (Å²) in [7, 11) is 0. The number of fused-ring (bicyclic) bond motifs is 1. The van der Waals surface area contributed by atoms with Crippen LogP contribution in [0.1, 0.15) is 76.8 Å². The van der Waals surface area contributed by atoms with E-state index in [9.17, 15) is 9.59 Å². The maximum atomic E-state index is 12.2. The van der Waals surface area contributed by atoms with E-state index in [1.54, 1.807) is 13.8 Å². The summed E-state index contributed by atoms with van der Waals surface area (Å²) >= 11 is 0. The highest BCUT2D eigenvalue weighted by molar-refractivity contribution is 5.70. The number of para-hydroxylation sites is 1. The van der Waals surface area contributed by atoms with Crippen molar-refractivity contribution in [2.45, 2.75) is 84.2 Å². The van der Waals surface area contributed by atoms with Crippen LogP contribution in [0.3, 0.4) is 0 Å². The quantitative estimate of drug-likeness (QED) is 0.189. The third-order valence-electron chi connectivity index (χ3n) is 6.71. The van der Waals surface area contributed by atoms with E-state index in [1.165, 1.54) is 0 Å². The zero-order chi connectivity index (χ0) is 27.2. The van der Waals surface area contributed by atoms with Gasteiger partial charge in [0.15, 0.2) is 0 Å². The number of esters is 2. The fourth-order valence-electron chi connectivity index (χ4n) is 4.79. The first-order valence-electron chi connectivity index (χ1n) is 14.0. The molecular weight excluding hydrogens is 484 g/mol. The van der Waals surface area contributed by atoms with Gasteiger partial charge in [0.05, 0.1) is 26.4 Å². The molecule has 0 atom stereocenters. The van der Waals surface area contributed by atoms with Gasteiger partial charge in [0.25, 0.3) is 0 Å². The summed E-state index contributed by atoms with van der Waals surface area (Å²) < 4.78 is 29.1. The maximum absolute atomic E-state index is 12.2. The first-order valence-corrected chi connectivity index (χ1v) is 14.0. The molecule has 0 saturated heterocycles. The van der Waals surface area contributed by atoms with Crippen LogP contribution in [0, 0.1) is 0 Å². The van der Waals surface area contributed by atoms with E-state index in [-0.39, 0.29) is 24.8 Å². The van der Waals surface area contributed by atoms with Gasteiger partial charge in [0, 0.05) is 24.8 Å². The van der Waals surface area contributed by atoms with Crippen LogP contribution in [0.4, 0.5) is 0 Å². The van der Waals surface area contributed by atoms with E-state index in [4.69, 9.17) is 23.7 Å². The number of aryl methyl sites for hydroxylation is 1. The summed E-state index contributed by atoms with van der Waals surface area (Å²) in [5.74, 6) is 2.01. The maximum Gasteiger partial charge on any atom is 0.305 e. The highest BCUT2D eigenvalue weighted by atomic mass is 16.5. The van der Waals surface area contributed by atoms with Crippen molar-refractivity contribution in [2.24, 2.45) is 0 Å². The smallest absolute Gasteiger partial charge is 0.305 e. The Morgan fingerprint density at radius 2 is 1.53 bits per heavy atom. The van der Waals surface area contributed by atoms with Crippen LogP contribution in [-0.2, 0) is 31.9 Å². The molecule has 1 aliphatic heterocycles.